The molecule has 13 rings (SSSR count). The van der Waals surface area contributed by atoms with Crippen LogP contribution in [0, 0.1) is 3.80 Å². The molecule has 4 bridgehead atoms. The molecule has 0 spiro atoms. The molecule has 0 saturated carbocycles. The molecule has 5 nitrogen and oxygen atoms in total. The SMILES string of the molecule is CC(C)(c1ccccc1)c1ccnc(-n2c3ccccc3c3ccc(Oc4cccc(-n5cc6c7ccc(n6[c]5=[Pt])CCc5ccc(cc5)CC7)c4)cc32)c1. The Morgan fingerprint density at radius 1 is 0.600 bits per heavy atom. The zero-order chi connectivity index (χ0) is 37.1. The first-order chi connectivity index (χ1) is 26.9. The molecule has 9 aromatic rings. The molecule has 6 heterocycles. The van der Waals surface area contributed by atoms with E-state index in [9.17, 15) is 0 Å². The van der Waals surface area contributed by atoms with Gasteiger partial charge in [0, 0.05) is 11.6 Å². The van der Waals surface area contributed by atoms with Crippen LogP contribution >= 0.6 is 0 Å². The van der Waals surface area contributed by atoms with Crippen LogP contribution in [0.5, 0.6) is 11.5 Å². The van der Waals surface area contributed by atoms with Crippen molar-refractivity contribution in [3.05, 3.63) is 195 Å². The van der Waals surface area contributed by atoms with Crippen LogP contribution in [0.3, 0.4) is 0 Å². The Balaban J connectivity index is 1.02. The van der Waals surface area contributed by atoms with Gasteiger partial charge in [-0.1, -0.05) is 56.3 Å². The van der Waals surface area contributed by atoms with E-state index in [0.29, 0.717) is 0 Å². The molecule has 0 saturated heterocycles. The zero-order valence-corrected chi connectivity index (χ0v) is 33.1. The maximum atomic E-state index is 6.70. The third kappa shape index (κ3) is 5.98. The fourth-order valence-corrected chi connectivity index (χ4v) is 9.36. The molecule has 0 amide bonds. The van der Waals surface area contributed by atoms with Gasteiger partial charge in [-0.15, -0.1) is 0 Å². The monoisotopic (exact) mass is 895 g/mol. The van der Waals surface area contributed by atoms with Gasteiger partial charge in [-0.2, -0.15) is 0 Å². The van der Waals surface area contributed by atoms with Crippen molar-refractivity contribution in [1.29, 1.82) is 0 Å². The van der Waals surface area contributed by atoms with Gasteiger partial charge in [0.2, 0.25) is 0 Å². The number of nitrogens with zero attached hydrogens (tertiary/aromatic N) is 4. The van der Waals surface area contributed by atoms with Crippen molar-refractivity contribution in [2.75, 3.05) is 0 Å². The molecule has 5 aromatic carbocycles. The summed E-state index contributed by atoms with van der Waals surface area (Å²) < 4.78 is 14.9. The molecule has 6 heteroatoms. The Morgan fingerprint density at radius 2 is 1.35 bits per heavy atom. The van der Waals surface area contributed by atoms with E-state index in [1.165, 1.54) is 44.4 Å². The van der Waals surface area contributed by atoms with Crippen LogP contribution in [0.15, 0.2) is 158 Å². The number of hydrogen-bond acceptors (Lipinski definition) is 2. The van der Waals surface area contributed by atoms with Crippen LogP contribution in [-0.4, -0.2) is 18.5 Å². The van der Waals surface area contributed by atoms with Crippen molar-refractivity contribution < 1.29 is 24.1 Å². The fraction of sp³-hybridized carbons (Fsp3) is 0.143. The number of hydrogen-bond donors (Lipinski definition) is 0. The molecular weight excluding hydrogens is 856 g/mol. The van der Waals surface area contributed by atoms with Gasteiger partial charge >= 0.3 is 248 Å². The number of aromatic nitrogens is 4. The second-order valence-electron chi connectivity index (χ2n) is 15.2. The van der Waals surface area contributed by atoms with Gasteiger partial charge < -0.3 is 0 Å². The van der Waals surface area contributed by atoms with Crippen molar-refractivity contribution >= 4 is 27.3 Å². The molecule has 4 aromatic heterocycles. The molecule has 2 aliphatic heterocycles. The standard InChI is InChI=1S/C49H40N4O.Pt/c1-49(2,37-9-4-3-5-10-37)38-27-28-50-48(29-38)53-45-14-7-6-13-43(45)44-26-25-42(31-46(44)53)54-41-12-8-11-40(30-41)51-32-47-36-21-19-34-15-17-35(18-16-34)20-23-39(24-22-36)52(47)33-51;/h3-18,22,24-32H,19-21,23H2,1-2H3;. The summed E-state index contributed by atoms with van der Waals surface area (Å²) in [6.45, 7) is 4.55. The molecule has 4 aliphatic rings. The molecule has 0 radical (unpaired) electrons. The topological polar surface area (TPSA) is 36.4 Å². The predicted molar refractivity (Wildman–Crippen MR) is 218 cm³/mol. The summed E-state index contributed by atoms with van der Waals surface area (Å²) in [5.74, 6) is 2.45. The fourth-order valence-electron chi connectivity index (χ4n) is 8.32. The van der Waals surface area contributed by atoms with E-state index >= 15 is 0 Å². The van der Waals surface area contributed by atoms with E-state index < -0.39 is 0 Å². The Morgan fingerprint density at radius 3 is 2.18 bits per heavy atom. The summed E-state index contributed by atoms with van der Waals surface area (Å²) in [5, 5.41) is 2.35. The first-order valence-electron chi connectivity index (χ1n) is 19.0. The van der Waals surface area contributed by atoms with Gasteiger partial charge in [0.05, 0.1) is 0 Å². The molecule has 55 heavy (non-hydrogen) atoms. The van der Waals surface area contributed by atoms with Crippen molar-refractivity contribution in [3.63, 3.8) is 0 Å². The maximum absolute atomic E-state index is 6.70. The first-order valence-corrected chi connectivity index (χ1v) is 20.2. The Hall–Kier alpha value is -5.77. The predicted octanol–water partition coefficient (Wildman–Crippen LogP) is 11.3. The Labute approximate surface area is 331 Å². The normalized spacial score (nSPS) is 13.1. The van der Waals surface area contributed by atoms with Gasteiger partial charge in [0.25, 0.3) is 0 Å². The summed E-state index contributed by atoms with van der Waals surface area (Å²) in [6.07, 6.45) is 8.26. The first kappa shape index (κ1) is 33.8. The van der Waals surface area contributed by atoms with Crippen LogP contribution < -0.4 is 4.74 Å². The molecule has 0 N–H and O–H groups in total. The third-order valence-corrected chi connectivity index (χ3v) is 12.5. The second kappa shape index (κ2) is 13.5. The van der Waals surface area contributed by atoms with Gasteiger partial charge in [-0.3, -0.25) is 0 Å². The van der Waals surface area contributed by atoms with Gasteiger partial charge in [-0.25, -0.2) is 0 Å². The van der Waals surface area contributed by atoms with Crippen LogP contribution in [0.25, 0.3) is 38.8 Å². The van der Waals surface area contributed by atoms with E-state index in [1.807, 2.05) is 12.3 Å². The van der Waals surface area contributed by atoms with E-state index in [1.54, 1.807) is 0 Å². The van der Waals surface area contributed by atoms with Crippen LogP contribution in [0.4, 0.5) is 0 Å². The summed E-state index contributed by atoms with van der Waals surface area (Å²) in [4.78, 5) is 4.94. The Kier molecular flexibility index (Phi) is 8.30. The minimum atomic E-state index is -0.192. The van der Waals surface area contributed by atoms with Gasteiger partial charge in [-0.05, 0) is 17.2 Å². The molecule has 0 unspecified atom stereocenters. The summed E-state index contributed by atoms with van der Waals surface area (Å²) in [5.41, 5.74) is 12.3. The quantitative estimate of drug-likeness (QED) is 0.167. The van der Waals surface area contributed by atoms with E-state index in [4.69, 9.17) is 9.72 Å². The van der Waals surface area contributed by atoms with Crippen molar-refractivity contribution in [2.24, 2.45) is 0 Å². The van der Waals surface area contributed by atoms with Crippen molar-refractivity contribution in [2.45, 2.75) is 44.9 Å². The Bertz CT molecular complexity index is 2950. The number of rotatable bonds is 6. The average Bonchev–Trinajstić information content (AvgIpc) is 3.74. The van der Waals surface area contributed by atoms with Gasteiger partial charge in [0.1, 0.15) is 0 Å². The van der Waals surface area contributed by atoms with Gasteiger partial charge in [0.15, 0.2) is 0 Å². The van der Waals surface area contributed by atoms with Crippen molar-refractivity contribution in [3.8, 4) is 23.0 Å². The number of para-hydroxylation sites is 1. The number of pyridine rings is 2. The van der Waals surface area contributed by atoms with Crippen LogP contribution in [-0.2, 0) is 50.5 Å². The number of ether oxygens (including phenoxy) is 1. The van der Waals surface area contributed by atoms with E-state index in [0.717, 1.165) is 68.9 Å². The van der Waals surface area contributed by atoms with Crippen molar-refractivity contribution in [1.82, 2.24) is 18.5 Å². The minimum absolute atomic E-state index is 0.192. The van der Waals surface area contributed by atoms with E-state index in [-0.39, 0.29) is 5.41 Å². The zero-order valence-electron chi connectivity index (χ0n) is 30.9. The second-order valence-corrected chi connectivity index (χ2v) is 16.2. The molecule has 0 fully saturated rings. The van der Waals surface area contributed by atoms with Crippen LogP contribution in [0.1, 0.15) is 47.4 Å². The van der Waals surface area contributed by atoms with E-state index in [2.05, 4.69) is 192 Å². The summed E-state index contributed by atoms with van der Waals surface area (Å²) in [7, 11) is 0. The third-order valence-electron chi connectivity index (χ3n) is 11.5. The average molecular weight is 896 g/mol. The summed E-state index contributed by atoms with van der Waals surface area (Å²) >= 11 is 2.49. The molecule has 2 aliphatic carbocycles. The summed E-state index contributed by atoms with van der Waals surface area (Å²) in [6, 6.07) is 52.3. The molecule has 0 atom stereocenters. The number of imidazole rings is 1. The molecular formula is C49H40N4OPt. The number of fused-ring (bicyclic) bond motifs is 3. The number of benzene rings is 5. The number of aryl methyl sites for hydroxylation is 4. The van der Waals surface area contributed by atoms with Crippen LogP contribution in [0.2, 0.25) is 0 Å². The molecule has 272 valence electrons.